The zero-order valence-corrected chi connectivity index (χ0v) is 16.8. The first kappa shape index (κ1) is 18.7. The quantitative estimate of drug-likeness (QED) is 0.689. The van der Waals surface area contributed by atoms with Crippen molar-refractivity contribution in [3.05, 3.63) is 35.4 Å². The Hall–Kier alpha value is -1.64. The van der Waals surface area contributed by atoms with Crippen LogP contribution in [0.4, 0.5) is 5.13 Å². The zero-order valence-electron chi connectivity index (χ0n) is 15.1. The van der Waals surface area contributed by atoms with E-state index in [4.69, 9.17) is 4.74 Å². The van der Waals surface area contributed by atoms with E-state index >= 15 is 0 Å². The monoisotopic (exact) mass is 404 g/mol. The van der Waals surface area contributed by atoms with Crippen LogP contribution in [0.5, 0.6) is 0 Å². The van der Waals surface area contributed by atoms with Crippen molar-refractivity contribution in [1.82, 2.24) is 15.5 Å². The van der Waals surface area contributed by atoms with Gasteiger partial charge in [-0.05, 0) is 43.2 Å². The van der Waals surface area contributed by atoms with Crippen molar-refractivity contribution >= 4 is 34.1 Å². The van der Waals surface area contributed by atoms with Gasteiger partial charge in [-0.1, -0.05) is 47.4 Å². The summed E-state index contributed by atoms with van der Waals surface area (Å²) in [6.45, 7) is 1.62. The third-order valence-corrected chi connectivity index (χ3v) is 6.96. The van der Waals surface area contributed by atoms with E-state index < -0.39 is 0 Å². The van der Waals surface area contributed by atoms with Crippen molar-refractivity contribution in [2.45, 2.75) is 48.6 Å². The molecule has 1 saturated heterocycles. The van der Waals surface area contributed by atoms with Crippen molar-refractivity contribution in [3.8, 4) is 0 Å². The van der Waals surface area contributed by atoms with Crippen molar-refractivity contribution in [3.63, 3.8) is 0 Å². The summed E-state index contributed by atoms with van der Waals surface area (Å²) in [6, 6.07) is 8.53. The standard InChI is InChI=1S/C19H24N4O2S2/c24-17(21-16-9-3-6-13-5-1-2-8-15(13)16)12-26-19-23-22-18(27-19)20-11-14-7-4-10-25-14/h1-2,5,8,14,16H,3-4,6-7,9-12H2,(H,20,22)(H,21,24)/t14-,16-/m1/s1. The number of fused-ring (bicyclic) bond motifs is 1. The minimum Gasteiger partial charge on any atom is -0.376 e. The molecule has 2 N–H and O–H groups in total. The van der Waals surface area contributed by atoms with Crippen molar-refractivity contribution in [2.75, 3.05) is 24.2 Å². The van der Waals surface area contributed by atoms with Gasteiger partial charge in [-0.2, -0.15) is 0 Å². The van der Waals surface area contributed by atoms with Gasteiger partial charge in [0.15, 0.2) is 4.34 Å². The van der Waals surface area contributed by atoms with Crippen molar-refractivity contribution in [1.29, 1.82) is 0 Å². The molecule has 6 nitrogen and oxygen atoms in total. The Kier molecular flexibility index (Phi) is 6.26. The van der Waals surface area contributed by atoms with Crippen LogP contribution >= 0.6 is 23.1 Å². The molecule has 1 aliphatic heterocycles. The average molecular weight is 405 g/mol. The van der Waals surface area contributed by atoms with Crippen LogP contribution in [-0.2, 0) is 16.0 Å². The summed E-state index contributed by atoms with van der Waals surface area (Å²) in [5, 5.41) is 15.6. The van der Waals surface area contributed by atoms with Gasteiger partial charge in [-0.15, -0.1) is 10.2 Å². The number of nitrogens with one attached hydrogen (secondary N) is 2. The molecule has 2 atom stereocenters. The summed E-state index contributed by atoms with van der Waals surface area (Å²) in [4.78, 5) is 12.4. The van der Waals surface area contributed by atoms with Crippen molar-refractivity contribution < 1.29 is 9.53 Å². The Labute approximate surface area is 167 Å². The number of ether oxygens (including phenoxy) is 1. The van der Waals surface area contributed by atoms with Crippen LogP contribution in [0.2, 0.25) is 0 Å². The lowest BCUT2D eigenvalue weighted by Crippen LogP contribution is -2.32. The van der Waals surface area contributed by atoms with Gasteiger partial charge in [0.25, 0.3) is 0 Å². The maximum atomic E-state index is 12.4. The largest absolute Gasteiger partial charge is 0.376 e. The van der Waals surface area contributed by atoms with Crippen LogP contribution in [-0.4, -0.2) is 41.1 Å². The Morgan fingerprint density at radius 1 is 1.26 bits per heavy atom. The minimum absolute atomic E-state index is 0.0470. The van der Waals surface area contributed by atoms with Crippen LogP contribution in [0.25, 0.3) is 0 Å². The number of amides is 1. The SMILES string of the molecule is O=C(CSc1nnc(NC[C@H]2CCCO2)s1)N[C@@H]1CCCc2ccccc21. The second-order valence-corrected chi connectivity index (χ2v) is 9.09. The molecule has 4 rings (SSSR count). The number of hydrogen-bond donors (Lipinski definition) is 2. The number of aryl methyl sites for hydroxylation is 1. The highest BCUT2D eigenvalue weighted by Crippen LogP contribution is 2.30. The maximum absolute atomic E-state index is 12.4. The molecule has 2 aliphatic rings. The zero-order chi connectivity index (χ0) is 18.5. The van der Waals surface area contributed by atoms with Crippen molar-refractivity contribution in [2.24, 2.45) is 0 Å². The number of thioether (sulfide) groups is 1. The van der Waals surface area contributed by atoms with Crippen LogP contribution in [0, 0.1) is 0 Å². The fourth-order valence-corrected chi connectivity index (χ4v) is 5.18. The lowest BCUT2D eigenvalue weighted by Gasteiger charge is -2.26. The van der Waals surface area contributed by atoms with Gasteiger partial charge in [0, 0.05) is 13.2 Å². The van der Waals surface area contributed by atoms with Gasteiger partial charge >= 0.3 is 0 Å². The van der Waals surface area contributed by atoms with Gasteiger partial charge in [-0.3, -0.25) is 4.79 Å². The minimum atomic E-state index is 0.0470. The molecule has 27 heavy (non-hydrogen) atoms. The summed E-state index contributed by atoms with van der Waals surface area (Å²) < 4.78 is 6.40. The smallest absolute Gasteiger partial charge is 0.230 e. The molecule has 2 aromatic rings. The predicted molar refractivity (Wildman–Crippen MR) is 108 cm³/mol. The first-order chi connectivity index (χ1) is 13.3. The Balaban J connectivity index is 1.24. The highest BCUT2D eigenvalue weighted by Gasteiger charge is 2.21. The molecular formula is C19H24N4O2S2. The molecule has 0 spiro atoms. The molecule has 1 fully saturated rings. The lowest BCUT2D eigenvalue weighted by atomic mass is 9.88. The highest BCUT2D eigenvalue weighted by atomic mass is 32.2. The number of anilines is 1. The Bertz CT molecular complexity index is 777. The molecule has 1 aliphatic carbocycles. The first-order valence-corrected chi connectivity index (χ1v) is 11.3. The van der Waals surface area contributed by atoms with Gasteiger partial charge in [0.1, 0.15) is 0 Å². The maximum Gasteiger partial charge on any atom is 0.230 e. The number of rotatable bonds is 7. The fraction of sp³-hybridized carbons (Fsp3) is 0.526. The molecular weight excluding hydrogens is 380 g/mol. The molecule has 1 amide bonds. The highest BCUT2D eigenvalue weighted by molar-refractivity contribution is 8.01. The Morgan fingerprint density at radius 2 is 2.19 bits per heavy atom. The first-order valence-electron chi connectivity index (χ1n) is 9.47. The normalized spacial score (nSPS) is 21.6. The molecule has 0 saturated carbocycles. The van der Waals surface area contributed by atoms with E-state index in [1.807, 2.05) is 6.07 Å². The summed E-state index contributed by atoms with van der Waals surface area (Å²) in [7, 11) is 0. The third kappa shape index (κ3) is 5.00. The van der Waals surface area contributed by atoms with Crippen LogP contribution in [0.15, 0.2) is 28.6 Å². The third-order valence-electron chi connectivity index (χ3n) is 4.94. The number of aromatic nitrogens is 2. The lowest BCUT2D eigenvalue weighted by molar-refractivity contribution is -0.119. The number of carbonyl (C=O) groups excluding carboxylic acids is 1. The second-order valence-electron chi connectivity index (χ2n) is 6.89. The van der Waals surface area contributed by atoms with E-state index in [9.17, 15) is 4.79 Å². The fourth-order valence-electron chi connectivity index (χ4n) is 3.61. The number of hydrogen-bond acceptors (Lipinski definition) is 7. The molecule has 1 aromatic heterocycles. The van der Waals surface area contributed by atoms with Gasteiger partial charge in [-0.25, -0.2) is 0 Å². The second kappa shape index (κ2) is 9.03. The summed E-state index contributed by atoms with van der Waals surface area (Å²) in [5.74, 6) is 0.407. The Morgan fingerprint density at radius 3 is 3.07 bits per heavy atom. The molecule has 144 valence electrons. The number of benzene rings is 1. The van der Waals surface area contributed by atoms with E-state index in [2.05, 4.69) is 39.0 Å². The molecule has 8 heteroatoms. The van der Waals surface area contributed by atoms with E-state index in [0.29, 0.717) is 5.75 Å². The molecule has 0 bridgehead atoms. The number of nitrogens with zero attached hydrogens (tertiary/aromatic N) is 2. The van der Waals surface area contributed by atoms with Crippen LogP contribution in [0.3, 0.4) is 0 Å². The molecule has 2 heterocycles. The van der Waals surface area contributed by atoms with E-state index in [1.165, 1.54) is 34.2 Å². The molecule has 1 aromatic carbocycles. The summed E-state index contributed by atoms with van der Waals surface area (Å²) in [5.41, 5.74) is 2.62. The van der Waals surface area contributed by atoms with E-state index in [0.717, 1.165) is 54.7 Å². The van der Waals surface area contributed by atoms with Gasteiger partial charge in [0.2, 0.25) is 11.0 Å². The van der Waals surface area contributed by atoms with E-state index in [1.54, 1.807) is 0 Å². The molecule has 0 radical (unpaired) electrons. The van der Waals surface area contributed by atoms with E-state index in [-0.39, 0.29) is 18.1 Å². The molecule has 0 unspecified atom stereocenters. The average Bonchev–Trinajstić information content (AvgIpc) is 3.37. The van der Waals surface area contributed by atoms with Crippen LogP contribution < -0.4 is 10.6 Å². The van der Waals surface area contributed by atoms with Gasteiger partial charge < -0.3 is 15.4 Å². The van der Waals surface area contributed by atoms with Gasteiger partial charge in [0.05, 0.1) is 17.9 Å². The topological polar surface area (TPSA) is 76.1 Å². The predicted octanol–water partition coefficient (Wildman–Crippen LogP) is 3.41. The summed E-state index contributed by atoms with van der Waals surface area (Å²) >= 11 is 2.93. The summed E-state index contributed by atoms with van der Waals surface area (Å²) in [6.07, 6.45) is 5.72. The number of carbonyl (C=O) groups is 1. The van der Waals surface area contributed by atoms with Crippen LogP contribution in [0.1, 0.15) is 42.9 Å².